The fourth-order valence-electron chi connectivity index (χ4n) is 3.80. The molecule has 0 aliphatic rings. The topological polar surface area (TPSA) is 0 Å². The van der Waals surface area contributed by atoms with Crippen molar-refractivity contribution in [2.24, 2.45) is 0 Å². The van der Waals surface area contributed by atoms with Gasteiger partial charge in [-0.1, -0.05) is 0 Å². The quantitative estimate of drug-likeness (QED) is 0.195. The summed E-state index contributed by atoms with van der Waals surface area (Å²) in [6.07, 6.45) is -34.1. The smallest absolute Gasteiger partial charge is 0.166 e. The van der Waals surface area contributed by atoms with E-state index in [2.05, 4.69) is 0 Å². The number of hydrogen-bond donors (Lipinski definition) is 0. The van der Waals surface area contributed by atoms with Crippen LogP contribution in [0.3, 0.4) is 0 Å². The number of hydrogen-bond acceptors (Lipinski definition) is 0. The third-order valence-electron chi connectivity index (χ3n) is 5.63. The normalized spacial score (nSPS) is 14.0. The molecule has 0 N–H and O–H groups in total. The largest absolute Gasteiger partial charge is 0.416 e. The molecule has 0 saturated heterocycles. The summed E-state index contributed by atoms with van der Waals surface area (Å²) in [5, 5.41) is 0. The third kappa shape index (κ3) is 7.87. The van der Waals surface area contributed by atoms with E-state index in [4.69, 9.17) is 0 Å². The number of alkyl halides is 18. The molecule has 0 amide bonds. The van der Waals surface area contributed by atoms with E-state index in [1.165, 1.54) is 0 Å². The van der Waals surface area contributed by atoms with Crippen molar-refractivity contribution in [3.63, 3.8) is 0 Å². The van der Waals surface area contributed by atoms with Gasteiger partial charge in [0.2, 0.25) is 0 Å². The molecule has 3 rings (SSSR count). The predicted molar refractivity (Wildman–Crippen MR) is 110 cm³/mol. The second-order valence-corrected chi connectivity index (χ2v) is 8.76. The molecule has 0 atom stereocenters. The first-order valence-electron chi connectivity index (χ1n) is 10.8. The van der Waals surface area contributed by atoms with Gasteiger partial charge >= 0.3 is 37.1 Å². The summed E-state index contributed by atoms with van der Waals surface area (Å²) in [5.41, 5.74) is -18.1. The molecule has 0 spiro atoms. The summed E-state index contributed by atoms with van der Waals surface area (Å²) in [4.78, 5) is 0. The lowest BCUT2D eigenvalue weighted by atomic mass is 9.81. The van der Waals surface area contributed by atoms with Crippen LogP contribution in [0.2, 0.25) is 0 Å². The van der Waals surface area contributed by atoms with Gasteiger partial charge in [-0.3, -0.25) is 0 Å². The summed E-state index contributed by atoms with van der Waals surface area (Å²) in [7, 11) is 0. The van der Waals surface area contributed by atoms with Crippen LogP contribution < -0.4 is 0 Å². The summed E-state index contributed by atoms with van der Waals surface area (Å²) in [6, 6.07) is -3.21. The maximum Gasteiger partial charge on any atom is 0.416 e. The first-order chi connectivity index (χ1) is 19.1. The van der Waals surface area contributed by atoms with Crippen molar-refractivity contribution in [2.75, 3.05) is 0 Å². The predicted octanol–water partition coefficient (Wildman–Crippen LogP) is 10.8. The lowest BCUT2D eigenvalue weighted by Gasteiger charge is -2.25. The molecule has 0 saturated carbocycles. The third-order valence-corrected chi connectivity index (χ3v) is 5.63. The summed E-state index contributed by atoms with van der Waals surface area (Å²) in [6.45, 7) is 0. The van der Waals surface area contributed by atoms with E-state index in [0.717, 1.165) is 0 Å². The lowest BCUT2D eigenvalue weighted by molar-refractivity contribution is -0.144. The molecule has 0 bridgehead atoms. The zero-order valence-corrected chi connectivity index (χ0v) is 20.0. The number of halogens is 18. The summed E-state index contributed by atoms with van der Waals surface area (Å²) >= 11 is 0. The molecule has 0 heterocycles. The Kier molecular flexibility index (Phi) is 8.31. The van der Waals surface area contributed by atoms with E-state index < -0.39 is 111 Å². The van der Waals surface area contributed by atoms with E-state index in [1.807, 2.05) is 0 Å². The van der Waals surface area contributed by atoms with Crippen LogP contribution in [0.15, 0.2) is 54.6 Å². The van der Waals surface area contributed by atoms with Gasteiger partial charge in [-0.25, -0.2) is 0 Å². The molecule has 0 aliphatic heterocycles. The second kappa shape index (κ2) is 10.5. The SMILES string of the molecule is FC(F)(F)c1cc([C](c2cc(C(F)(F)F)cc(C(F)(F)F)c2)c2cc(C(F)(F)F)cc(C(F)(F)F)c2)cc(C(F)(F)F)c1. The minimum absolute atomic E-state index is 0.272. The van der Waals surface area contributed by atoms with E-state index in [0.29, 0.717) is 0 Å². The van der Waals surface area contributed by atoms with Crippen LogP contribution in [0.5, 0.6) is 0 Å². The molecule has 1 radical (unpaired) electrons. The fourth-order valence-corrected chi connectivity index (χ4v) is 3.80. The Bertz CT molecular complexity index is 1200. The minimum atomic E-state index is -5.68. The summed E-state index contributed by atoms with van der Waals surface area (Å²) in [5.74, 6) is -1.66. The van der Waals surface area contributed by atoms with Crippen LogP contribution in [0.1, 0.15) is 50.1 Å². The number of rotatable bonds is 3. The first-order valence-corrected chi connectivity index (χ1v) is 10.8. The van der Waals surface area contributed by atoms with Crippen LogP contribution in [-0.4, -0.2) is 0 Å². The van der Waals surface area contributed by atoms with Crippen molar-refractivity contribution in [2.45, 2.75) is 37.1 Å². The standard InChI is InChI=1S/C25H9F18/c26-20(27,28)13-1-10(2-14(7-13)21(29,30)31)19(11-3-15(22(32,33)34)8-16(4-11)23(35,36)37)12-5-17(24(38,39)40)9-18(6-12)25(41,42)43/h1-9H. The van der Waals surface area contributed by atoms with Gasteiger partial charge in [-0.05, 0) is 71.3 Å². The molecule has 18 heteroatoms. The molecule has 43 heavy (non-hydrogen) atoms. The molecule has 0 aliphatic carbocycles. The Balaban J connectivity index is 2.60. The highest BCUT2D eigenvalue weighted by Gasteiger charge is 2.42. The zero-order valence-electron chi connectivity index (χ0n) is 20.0. The molecule has 235 valence electrons. The second-order valence-electron chi connectivity index (χ2n) is 8.76. The molecule has 3 aromatic carbocycles. The molecule has 0 unspecified atom stereocenters. The van der Waals surface area contributed by atoms with E-state index in [1.54, 1.807) is 0 Å². The fraction of sp³-hybridized carbons (Fsp3) is 0.240. The van der Waals surface area contributed by atoms with Crippen LogP contribution >= 0.6 is 0 Å². The molecular weight excluding hydrogens is 642 g/mol. The Morgan fingerprint density at radius 1 is 0.256 bits per heavy atom. The van der Waals surface area contributed by atoms with Gasteiger partial charge in [-0.15, -0.1) is 0 Å². The molecule has 3 aromatic rings. The molecular formula is C25H9F18. The van der Waals surface area contributed by atoms with Crippen LogP contribution in [0.4, 0.5) is 79.0 Å². The Hall–Kier alpha value is -3.60. The van der Waals surface area contributed by atoms with Gasteiger partial charge in [0.15, 0.2) is 0 Å². The highest BCUT2D eigenvalue weighted by Crippen LogP contribution is 2.45. The van der Waals surface area contributed by atoms with Gasteiger partial charge in [0.05, 0.1) is 39.3 Å². The Morgan fingerprint density at radius 3 is 0.512 bits per heavy atom. The van der Waals surface area contributed by atoms with Gasteiger partial charge in [0.25, 0.3) is 0 Å². The summed E-state index contributed by atoms with van der Waals surface area (Å²) < 4.78 is 243. The Labute approximate surface area is 227 Å². The van der Waals surface area contributed by atoms with Gasteiger partial charge < -0.3 is 0 Å². The van der Waals surface area contributed by atoms with E-state index in [-0.39, 0.29) is 36.4 Å². The van der Waals surface area contributed by atoms with Gasteiger partial charge in [0, 0.05) is 0 Å². The van der Waals surface area contributed by atoms with E-state index >= 15 is 0 Å². The molecule has 0 aromatic heterocycles. The van der Waals surface area contributed by atoms with Crippen LogP contribution in [-0.2, 0) is 37.1 Å². The Morgan fingerprint density at radius 2 is 0.395 bits per heavy atom. The maximum absolute atomic E-state index is 13.5. The van der Waals surface area contributed by atoms with Crippen molar-refractivity contribution in [3.05, 3.63) is 111 Å². The first kappa shape index (κ1) is 33.9. The molecule has 0 fully saturated rings. The minimum Gasteiger partial charge on any atom is -0.166 e. The number of benzene rings is 3. The maximum atomic E-state index is 13.5. The zero-order chi connectivity index (χ0) is 33.1. The molecule has 0 nitrogen and oxygen atoms in total. The van der Waals surface area contributed by atoms with Gasteiger partial charge in [-0.2, -0.15) is 79.0 Å². The van der Waals surface area contributed by atoms with Crippen LogP contribution in [0.25, 0.3) is 0 Å². The average Bonchev–Trinajstić information content (AvgIpc) is 2.80. The highest BCUT2D eigenvalue weighted by atomic mass is 19.4. The van der Waals surface area contributed by atoms with Crippen molar-refractivity contribution in [1.82, 2.24) is 0 Å². The van der Waals surface area contributed by atoms with Crippen molar-refractivity contribution >= 4 is 0 Å². The monoisotopic (exact) mass is 651 g/mol. The van der Waals surface area contributed by atoms with Gasteiger partial charge in [0.1, 0.15) is 0 Å². The van der Waals surface area contributed by atoms with E-state index in [9.17, 15) is 79.0 Å². The average molecular weight is 651 g/mol. The van der Waals surface area contributed by atoms with Crippen molar-refractivity contribution in [1.29, 1.82) is 0 Å². The highest BCUT2D eigenvalue weighted by molar-refractivity contribution is 5.62. The van der Waals surface area contributed by atoms with Crippen molar-refractivity contribution < 1.29 is 79.0 Å². The van der Waals surface area contributed by atoms with Crippen LogP contribution in [0, 0.1) is 5.92 Å². The lowest BCUT2D eigenvalue weighted by Crippen LogP contribution is -2.18. The van der Waals surface area contributed by atoms with Crippen molar-refractivity contribution in [3.8, 4) is 0 Å².